The zero-order valence-corrected chi connectivity index (χ0v) is 19.9. The molecular formula is C25H28ClN4O5+. The van der Waals surface area contributed by atoms with E-state index in [9.17, 15) is 15.1 Å². The van der Waals surface area contributed by atoms with Crippen molar-refractivity contribution in [2.24, 2.45) is 5.73 Å². The monoisotopic (exact) mass is 499 g/mol. The van der Waals surface area contributed by atoms with Crippen molar-refractivity contribution in [2.75, 3.05) is 13.1 Å². The molecular weight excluding hydrogens is 472 g/mol. The Kier molecular flexibility index (Phi) is 6.64. The number of rotatable bonds is 9. The minimum absolute atomic E-state index is 0.115. The third-order valence-electron chi connectivity index (χ3n) is 6.41. The van der Waals surface area contributed by atoms with E-state index in [2.05, 4.69) is 4.98 Å². The number of pyridine rings is 1. The van der Waals surface area contributed by atoms with Crippen LogP contribution in [0.25, 0.3) is 11.0 Å². The van der Waals surface area contributed by atoms with Crippen molar-refractivity contribution in [3.63, 3.8) is 0 Å². The Morgan fingerprint density at radius 1 is 1.26 bits per heavy atom. The summed E-state index contributed by atoms with van der Waals surface area (Å²) in [6, 6.07) is 10.2. The maximum Gasteiger partial charge on any atom is 0.358 e. The summed E-state index contributed by atoms with van der Waals surface area (Å²) in [6.45, 7) is 1.42. The molecule has 3 heterocycles. The first-order valence-electron chi connectivity index (χ1n) is 11.8. The van der Waals surface area contributed by atoms with Crippen LogP contribution in [-0.2, 0) is 4.79 Å². The van der Waals surface area contributed by atoms with Crippen LogP contribution in [0.15, 0.2) is 47.0 Å². The van der Waals surface area contributed by atoms with Crippen LogP contribution in [0, 0.1) is 0 Å². The number of hydrogen-bond acceptors (Lipinski definition) is 7. The molecule has 1 saturated heterocycles. The number of carbonyl (C=O) groups is 1. The fourth-order valence-electron chi connectivity index (χ4n) is 4.42. The number of primary amides is 1. The van der Waals surface area contributed by atoms with Crippen molar-refractivity contribution >= 4 is 34.2 Å². The van der Waals surface area contributed by atoms with Crippen molar-refractivity contribution in [3.05, 3.63) is 58.9 Å². The van der Waals surface area contributed by atoms with Crippen molar-refractivity contribution < 1.29 is 29.0 Å². The maximum atomic E-state index is 12.5. The Labute approximate surface area is 207 Å². The molecule has 3 aromatic rings. The molecule has 2 aromatic heterocycles. The number of nitrogens with two attached hydrogens (primary N) is 1. The van der Waals surface area contributed by atoms with Gasteiger partial charge in [0.25, 0.3) is 6.17 Å². The first kappa shape index (κ1) is 23.6. The highest BCUT2D eigenvalue weighted by Gasteiger charge is 2.40. The van der Waals surface area contributed by atoms with Crippen LogP contribution in [-0.4, -0.2) is 61.9 Å². The van der Waals surface area contributed by atoms with E-state index in [0.717, 1.165) is 30.4 Å². The maximum absolute atomic E-state index is 12.5. The molecule has 2 aliphatic rings. The van der Waals surface area contributed by atoms with Gasteiger partial charge < -0.3 is 20.0 Å². The summed E-state index contributed by atoms with van der Waals surface area (Å²) in [5.74, 6) is -0.198. The van der Waals surface area contributed by atoms with Gasteiger partial charge in [0.1, 0.15) is 11.7 Å². The molecule has 0 bridgehead atoms. The standard InChI is InChI=1S/C25H27ClN4O5/c26-17-4-7-20-16(11-17)12-21(35-20)24(25(27)32)30(33)23(29-9-1-2-10-29)13-19(31)15-3-8-22(28-14-15)34-18-5-6-18/h3-4,7-8,11-12,14,18-19,23,31H,1-2,5-6,9-10,13H2,(H2-,27,32,33)/p+1. The molecule has 35 heavy (non-hydrogen) atoms. The number of benzene rings is 1. The SMILES string of the molecule is NC(=O)C(c1cc2cc(Cl)ccc2o1)=[N+](O)C(CC(O)c1ccc(OC2CC2)nc1)N1CCCC1. The lowest BCUT2D eigenvalue weighted by molar-refractivity contribution is -0.812. The van der Waals surface area contributed by atoms with Gasteiger partial charge in [-0.1, -0.05) is 11.6 Å². The second-order valence-corrected chi connectivity index (χ2v) is 9.51. The molecule has 0 spiro atoms. The third-order valence-corrected chi connectivity index (χ3v) is 6.64. The highest BCUT2D eigenvalue weighted by atomic mass is 35.5. The smallest absolute Gasteiger partial charge is 0.358 e. The van der Waals surface area contributed by atoms with Gasteiger partial charge in [-0.25, -0.2) is 9.88 Å². The highest BCUT2D eigenvalue weighted by Crippen LogP contribution is 2.29. The number of fused-ring (bicyclic) bond motifs is 1. The Balaban J connectivity index is 1.45. The van der Waals surface area contributed by atoms with Gasteiger partial charge in [-0.3, -0.25) is 10.0 Å². The van der Waals surface area contributed by atoms with Crippen molar-refractivity contribution in [2.45, 2.75) is 50.5 Å². The van der Waals surface area contributed by atoms with E-state index >= 15 is 0 Å². The van der Waals surface area contributed by atoms with Crippen LogP contribution in [0.2, 0.25) is 5.02 Å². The number of hydroxylamine groups is 1. The van der Waals surface area contributed by atoms with Crippen molar-refractivity contribution in [1.82, 2.24) is 9.88 Å². The first-order valence-corrected chi connectivity index (χ1v) is 12.2. The van der Waals surface area contributed by atoms with E-state index in [1.54, 1.807) is 42.6 Å². The molecule has 2 fully saturated rings. The van der Waals surface area contributed by atoms with E-state index in [4.69, 9.17) is 26.5 Å². The normalized spacial score (nSPS) is 18.9. The quantitative estimate of drug-likeness (QED) is 0.178. The summed E-state index contributed by atoms with van der Waals surface area (Å²) in [7, 11) is 0. The van der Waals surface area contributed by atoms with Gasteiger partial charge in [0.15, 0.2) is 0 Å². The molecule has 2 atom stereocenters. The summed E-state index contributed by atoms with van der Waals surface area (Å²) in [4.78, 5) is 18.8. The van der Waals surface area contributed by atoms with Gasteiger partial charge in [0.2, 0.25) is 11.6 Å². The molecule has 0 radical (unpaired) electrons. The average molecular weight is 500 g/mol. The van der Waals surface area contributed by atoms with Gasteiger partial charge in [-0.15, -0.1) is 0 Å². The number of halogens is 1. The van der Waals surface area contributed by atoms with Gasteiger partial charge in [-0.05, 0) is 61.6 Å². The summed E-state index contributed by atoms with van der Waals surface area (Å²) in [5, 5.41) is 23.5. The molecule has 1 aliphatic heterocycles. The number of nitrogens with zero attached hydrogens (tertiary/aromatic N) is 3. The zero-order valence-electron chi connectivity index (χ0n) is 19.1. The number of furan rings is 1. The number of likely N-dealkylation sites (tertiary alicyclic amines) is 1. The number of ether oxygens (including phenoxy) is 1. The van der Waals surface area contributed by atoms with E-state index < -0.39 is 18.2 Å². The molecule has 2 unspecified atom stereocenters. The molecule has 1 amide bonds. The average Bonchev–Trinajstić information content (AvgIpc) is 3.30. The Hall–Kier alpha value is -3.14. The number of aliphatic hydroxyl groups excluding tert-OH is 1. The fourth-order valence-corrected chi connectivity index (χ4v) is 4.60. The number of aliphatic hydroxyl groups is 1. The van der Waals surface area contributed by atoms with Crippen molar-refractivity contribution in [3.8, 4) is 5.88 Å². The number of amides is 1. The predicted octanol–water partition coefficient (Wildman–Crippen LogP) is 3.24. The lowest BCUT2D eigenvalue weighted by Crippen LogP contribution is -2.47. The van der Waals surface area contributed by atoms with E-state index in [1.165, 1.54) is 0 Å². The largest absolute Gasteiger partial charge is 0.474 e. The minimum Gasteiger partial charge on any atom is -0.474 e. The molecule has 184 valence electrons. The number of carbonyl (C=O) groups excluding carboxylic acids is 1. The van der Waals surface area contributed by atoms with Crippen LogP contribution >= 0.6 is 11.6 Å². The molecule has 10 heteroatoms. The first-order chi connectivity index (χ1) is 16.9. The fraction of sp³-hybridized carbons (Fsp3) is 0.400. The van der Waals surface area contributed by atoms with Gasteiger partial charge in [-0.2, -0.15) is 0 Å². The summed E-state index contributed by atoms with van der Waals surface area (Å²) >= 11 is 6.07. The van der Waals surface area contributed by atoms with Gasteiger partial charge >= 0.3 is 11.6 Å². The molecule has 4 N–H and O–H groups in total. The Morgan fingerprint density at radius 2 is 2.03 bits per heavy atom. The topological polar surface area (TPSA) is 125 Å². The van der Waals surface area contributed by atoms with Crippen LogP contribution in [0.1, 0.15) is 49.5 Å². The van der Waals surface area contributed by atoms with Gasteiger partial charge in [0, 0.05) is 40.5 Å². The van der Waals surface area contributed by atoms with Crippen LogP contribution < -0.4 is 10.5 Å². The molecule has 9 nitrogen and oxygen atoms in total. The molecule has 1 aliphatic carbocycles. The van der Waals surface area contributed by atoms with E-state index in [-0.39, 0.29) is 24.0 Å². The van der Waals surface area contributed by atoms with E-state index in [0.29, 0.717) is 40.5 Å². The lowest BCUT2D eigenvalue weighted by atomic mass is 10.1. The predicted molar refractivity (Wildman–Crippen MR) is 129 cm³/mol. The molecule has 5 rings (SSSR count). The second-order valence-electron chi connectivity index (χ2n) is 9.07. The Morgan fingerprint density at radius 3 is 2.69 bits per heavy atom. The summed E-state index contributed by atoms with van der Waals surface area (Å²) < 4.78 is 12.3. The van der Waals surface area contributed by atoms with Crippen LogP contribution in [0.3, 0.4) is 0 Å². The van der Waals surface area contributed by atoms with Crippen molar-refractivity contribution in [1.29, 1.82) is 0 Å². The molecule has 1 aromatic carbocycles. The highest BCUT2D eigenvalue weighted by molar-refractivity contribution is 6.42. The number of aromatic nitrogens is 1. The third kappa shape index (κ3) is 5.27. The summed E-state index contributed by atoms with van der Waals surface area (Å²) in [6.07, 6.45) is 4.23. The van der Waals surface area contributed by atoms with Crippen LogP contribution in [0.5, 0.6) is 5.88 Å². The second kappa shape index (κ2) is 9.85. The Bertz CT molecular complexity index is 1250. The lowest BCUT2D eigenvalue weighted by Gasteiger charge is -2.23. The summed E-state index contributed by atoms with van der Waals surface area (Å²) in [5.41, 5.74) is 6.60. The zero-order chi connectivity index (χ0) is 24.5. The van der Waals surface area contributed by atoms with Gasteiger partial charge in [0.05, 0.1) is 12.5 Å². The van der Waals surface area contributed by atoms with Crippen LogP contribution in [0.4, 0.5) is 0 Å². The molecule has 1 saturated carbocycles. The number of hydrogen-bond donors (Lipinski definition) is 3. The van der Waals surface area contributed by atoms with E-state index in [1.807, 2.05) is 4.90 Å². The minimum atomic E-state index is -0.943.